The second-order valence-corrected chi connectivity index (χ2v) is 6.71. The van der Waals surface area contributed by atoms with Crippen LogP contribution in [-0.2, 0) is 0 Å². The van der Waals surface area contributed by atoms with Crippen LogP contribution in [0.25, 0.3) is 5.70 Å². The molecule has 4 rings (SSSR count). The average molecular weight is 394 g/mol. The molecule has 3 aromatic rings. The summed E-state index contributed by atoms with van der Waals surface area (Å²) in [5.41, 5.74) is 17.5. The molecule has 1 aliphatic heterocycles. The van der Waals surface area contributed by atoms with Gasteiger partial charge in [0.05, 0.1) is 17.2 Å². The summed E-state index contributed by atoms with van der Waals surface area (Å²) in [7, 11) is 0. The number of aliphatic imine (C=N–C) groups is 2. The fourth-order valence-electron chi connectivity index (χ4n) is 3.11. The third-order valence-electron chi connectivity index (χ3n) is 4.60. The van der Waals surface area contributed by atoms with Crippen molar-refractivity contribution >= 4 is 23.3 Å². The first-order chi connectivity index (χ1) is 14.7. The third-order valence-corrected chi connectivity index (χ3v) is 4.60. The second-order valence-electron chi connectivity index (χ2n) is 6.71. The largest absolute Gasteiger partial charge is 0.398 e. The molecule has 0 amide bonds. The molecule has 0 saturated heterocycles. The molecule has 2 aromatic carbocycles. The summed E-state index contributed by atoms with van der Waals surface area (Å²) >= 11 is 0. The smallest absolute Gasteiger partial charge is 0.156 e. The van der Waals surface area contributed by atoms with E-state index in [0.29, 0.717) is 11.5 Å². The maximum Gasteiger partial charge on any atom is 0.156 e. The lowest BCUT2D eigenvalue weighted by Crippen LogP contribution is -2.32. The molecule has 0 fully saturated rings. The molecule has 0 bridgehead atoms. The number of hydrogen-bond acceptors (Lipinski definition) is 6. The van der Waals surface area contributed by atoms with Crippen LogP contribution in [-0.4, -0.2) is 23.1 Å². The van der Waals surface area contributed by atoms with Crippen LogP contribution in [0.5, 0.6) is 0 Å². The van der Waals surface area contributed by atoms with Crippen molar-refractivity contribution in [3.8, 4) is 0 Å². The van der Waals surface area contributed by atoms with E-state index in [1.807, 2.05) is 66.7 Å². The van der Waals surface area contributed by atoms with Gasteiger partial charge in [-0.1, -0.05) is 48.5 Å². The zero-order chi connectivity index (χ0) is 20.8. The molecule has 2 heterocycles. The van der Waals surface area contributed by atoms with E-state index in [1.165, 1.54) is 0 Å². The Hall–Kier alpha value is -4.19. The quantitative estimate of drug-likeness (QED) is 0.578. The number of para-hydroxylation sites is 1. The van der Waals surface area contributed by atoms with Gasteiger partial charge in [0, 0.05) is 41.0 Å². The van der Waals surface area contributed by atoms with E-state index in [2.05, 4.69) is 15.3 Å². The number of pyridine rings is 1. The Morgan fingerprint density at radius 1 is 0.867 bits per heavy atom. The lowest BCUT2D eigenvalue weighted by molar-refractivity contribution is 0.737. The van der Waals surface area contributed by atoms with Crippen molar-refractivity contribution in [3.63, 3.8) is 0 Å². The van der Waals surface area contributed by atoms with Gasteiger partial charge in [0.2, 0.25) is 0 Å². The summed E-state index contributed by atoms with van der Waals surface area (Å²) in [5.74, 6) is 0.436. The number of rotatable bonds is 5. The van der Waals surface area contributed by atoms with Gasteiger partial charge in [-0.15, -0.1) is 0 Å². The van der Waals surface area contributed by atoms with Gasteiger partial charge < -0.3 is 16.8 Å². The number of benzene rings is 2. The molecular formula is C24H22N6. The Kier molecular flexibility index (Phi) is 5.66. The molecule has 0 radical (unpaired) electrons. The van der Waals surface area contributed by atoms with E-state index < -0.39 is 6.17 Å². The molecule has 148 valence electrons. The fraction of sp³-hybridized carbons (Fsp3) is 0.0417. The number of allylic oxidation sites excluding steroid dienone is 2. The first kappa shape index (κ1) is 19.1. The van der Waals surface area contributed by atoms with Crippen LogP contribution in [0.1, 0.15) is 16.7 Å². The highest BCUT2D eigenvalue weighted by molar-refractivity contribution is 6.16. The zero-order valence-electron chi connectivity index (χ0n) is 16.3. The van der Waals surface area contributed by atoms with Gasteiger partial charge in [0.1, 0.15) is 0 Å². The molecule has 6 heteroatoms. The number of fused-ring (bicyclic) bond motifs is 1. The van der Waals surface area contributed by atoms with Gasteiger partial charge in [-0.3, -0.25) is 15.0 Å². The van der Waals surface area contributed by atoms with E-state index in [4.69, 9.17) is 16.5 Å². The van der Waals surface area contributed by atoms with Crippen molar-refractivity contribution in [2.75, 3.05) is 0 Å². The van der Waals surface area contributed by atoms with E-state index >= 15 is 0 Å². The summed E-state index contributed by atoms with van der Waals surface area (Å²) in [6.07, 6.45) is 8.20. The number of hydrogen-bond donors (Lipinski definition) is 3. The summed E-state index contributed by atoms with van der Waals surface area (Å²) in [5, 5.41) is 3.19. The Labute approximate surface area is 175 Å². The monoisotopic (exact) mass is 394 g/mol. The summed E-state index contributed by atoms with van der Waals surface area (Å²) in [6.45, 7) is 0. The SMILES string of the molecule is N/C(=C\C=C(/N)NC1C=Nc2ccccc2C(c2ccccc2)=N1)c1ccncc1. The standard InChI is InChI=1S/C24H22N6/c25-20(17-12-14-27-15-13-17)10-11-22(26)29-23-16-28-21-9-5-4-8-19(21)24(30-23)18-6-2-1-3-7-18/h1-16,23,29H,25-26H2/b20-10-,22-11+. The van der Waals surface area contributed by atoms with Crippen LogP contribution >= 0.6 is 0 Å². The Bertz CT molecular complexity index is 1130. The van der Waals surface area contributed by atoms with E-state index in [0.717, 1.165) is 28.1 Å². The van der Waals surface area contributed by atoms with Crippen LogP contribution in [0, 0.1) is 0 Å². The molecule has 6 nitrogen and oxygen atoms in total. The topological polar surface area (TPSA) is 102 Å². The summed E-state index contributed by atoms with van der Waals surface area (Å²) < 4.78 is 0. The first-order valence-electron chi connectivity index (χ1n) is 9.57. The molecule has 1 aliphatic rings. The Balaban J connectivity index is 1.61. The van der Waals surface area contributed by atoms with Gasteiger partial charge in [-0.25, -0.2) is 0 Å². The minimum atomic E-state index is -0.417. The van der Waals surface area contributed by atoms with E-state index in [9.17, 15) is 0 Å². The maximum absolute atomic E-state index is 6.18. The molecular weight excluding hydrogens is 372 g/mol. The normalized spacial score (nSPS) is 16.4. The molecule has 0 saturated carbocycles. The molecule has 1 atom stereocenters. The van der Waals surface area contributed by atoms with Crippen LogP contribution in [0.2, 0.25) is 0 Å². The van der Waals surface area contributed by atoms with Gasteiger partial charge in [-0.05, 0) is 30.4 Å². The van der Waals surface area contributed by atoms with Crippen LogP contribution in [0.15, 0.2) is 107 Å². The minimum absolute atomic E-state index is 0.417. The van der Waals surface area contributed by atoms with Crippen molar-refractivity contribution in [2.45, 2.75) is 6.17 Å². The van der Waals surface area contributed by atoms with Crippen LogP contribution in [0.3, 0.4) is 0 Å². The zero-order valence-corrected chi connectivity index (χ0v) is 16.3. The summed E-state index contributed by atoms with van der Waals surface area (Å²) in [4.78, 5) is 13.5. The van der Waals surface area contributed by atoms with Crippen LogP contribution < -0.4 is 16.8 Å². The van der Waals surface area contributed by atoms with Crippen molar-refractivity contribution in [3.05, 3.63) is 114 Å². The third kappa shape index (κ3) is 4.44. The predicted octanol–water partition coefficient (Wildman–Crippen LogP) is 3.35. The van der Waals surface area contributed by atoms with E-state index in [-0.39, 0.29) is 0 Å². The van der Waals surface area contributed by atoms with Crippen molar-refractivity contribution in [1.29, 1.82) is 0 Å². The molecule has 5 N–H and O–H groups in total. The highest BCUT2D eigenvalue weighted by Gasteiger charge is 2.16. The number of nitrogens with zero attached hydrogens (tertiary/aromatic N) is 3. The van der Waals surface area contributed by atoms with Gasteiger partial charge in [0.25, 0.3) is 0 Å². The lowest BCUT2D eigenvalue weighted by atomic mass is 10.0. The molecule has 0 spiro atoms. The van der Waals surface area contributed by atoms with Crippen molar-refractivity contribution in [1.82, 2.24) is 10.3 Å². The number of aromatic nitrogens is 1. The average Bonchev–Trinajstić information content (AvgIpc) is 2.98. The Morgan fingerprint density at radius 3 is 2.40 bits per heavy atom. The van der Waals surface area contributed by atoms with Crippen molar-refractivity contribution < 1.29 is 0 Å². The van der Waals surface area contributed by atoms with E-state index in [1.54, 1.807) is 30.8 Å². The highest BCUT2D eigenvalue weighted by Crippen LogP contribution is 2.25. The molecule has 1 unspecified atom stereocenters. The highest BCUT2D eigenvalue weighted by atomic mass is 15.1. The van der Waals surface area contributed by atoms with Gasteiger partial charge in [0.15, 0.2) is 6.17 Å². The molecule has 0 aliphatic carbocycles. The maximum atomic E-state index is 6.18. The Morgan fingerprint density at radius 2 is 1.60 bits per heavy atom. The first-order valence-corrected chi connectivity index (χ1v) is 9.57. The minimum Gasteiger partial charge on any atom is -0.398 e. The second kappa shape index (κ2) is 8.87. The number of nitrogens with two attached hydrogens (primary N) is 2. The lowest BCUT2D eigenvalue weighted by Gasteiger charge is -2.13. The summed E-state index contributed by atoms with van der Waals surface area (Å²) in [6, 6.07) is 21.7. The van der Waals surface area contributed by atoms with Gasteiger partial charge in [-0.2, -0.15) is 0 Å². The molecule has 1 aromatic heterocycles. The predicted molar refractivity (Wildman–Crippen MR) is 122 cm³/mol. The molecule has 30 heavy (non-hydrogen) atoms. The van der Waals surface area contributed by atoms with Crippen LogP contribution in [0.4, 0.5) is 5.69 Å². The number of nitrogens with one attached hydrogen (secondary N) is 1. The van der Waals surface area contributed by atoms with Crippen molar-refractivity contribution in [2.24, 2.45) is 21.5 Å². The fourth-order valence-corrected chi connectivity index (χ4v) is 3.11. The van der Waals surface area contributed by atoms with Gasteiger partial charge >= 0.3 is 0 Å².